The summed E-state index contributed by atoms with van der Waals surface area (Å²) in [7, 11) is 2.76. The van der Waals surface area contributed by atoms with E-state index in [1.807, 2.05) is 0 Å². The zero-order chi connectivity index (χ0) is 19.7. The largest absolute Gasteiger partial charge is 0.502 e. The molecule has 5 N–H and O–H groups in total. The van der Waals surface area contributed by atoms with Gasteiger partial charge in [0, 0.05) is 0 Å². The standard InChI is InChI=1S/C17H24O10/c1-23-8-3-7(4-9(24-2)12(8)20)15-11(6-19)25-16-14(22)13(21)10(5-18)26-17(16)27-15/h3-4,10-11,13-22H,5-6H2,1-2H3/t10-,11+,13+,14-,15-,16-,17+/m0/s1. The van der Waals surface area contributed by atoms with Crippen molar-refractivity contribution in [3.8, 4) is 17.2 Å². The second kappa shape index (κ2) is 8.15. The van der Waals surface area contributed by atoms with E-state index in [1.54, 1.807) is 0 Å². The van der Waals surface area contributed by atoms with Crippen LogP contribution in [0.15, 0.2) is 12.1 Å². The molecule has 27 heavy (non-hydrogen) atoms. The Hall–Kier alpha value is -1.66. The second-order valence-electron chi connectivity index (χ2n) is 6.36. The van der Waals surface area contributed by atoms with Gasteiger partial charge in [0.05, 0.1) is 27.4 Å². The van der Waals surface area contributed by atoms with Crippen molar-refractivity contribution < 1.29 is 49.2 Å². The van der Waals surface area contributed by atoms with Crippen LogP contribution in [-0.4, -0.2) is 89.8 Å². The smallest absolute Gasteiger partial charge is 0.200 e. The number of aliphatic hydroxyl groups excluding tert-OH is 4. The van der Waals surface area contributed by atoms with Gasteiger partial charge >= 0.3 is 0 Å². The molecular weight excluding hydrogens is 364 g/mol. The van der Waals surface area contributed by atoms with E-state index in [-0.39, 0.29) is 17.2 Å². The average molecular weight is 388 g/mol. The Bertz CT molecular complexity index is 628. The molecule has 10 heteroatoms. The maximum Gasteiger partial charge on any atom is 0.200 e. The quantitative estimate of drug-likeness (QED) is 0.411. The molecule has 0 radical (unpaired) electrons. The lowest BCUT2D eigenvalue weighted by molar-refractivity contribution is -0.371. The molecule has 0 aromatic heterocycles. The summed E-state index contributed by atoms with van der Waals surface area (Å²) < 4.78 is 27.4. The van der Waals surface area contributed by atoms with E-state index in [0.717, 1.165) is 0 Å². The summed E-state index contributed by atoms with van der Waals surface area (Å²) in [5.41, 5.74) is 0.476. The third-order valence-electron chi connectivity index (χ3n) is 4.79. The third-order valence-corrected chi connectivity index (χ3v) is 4.79. The number of phenols is 1. The van der Waals surface area contributed by atoms with Gasteiger partial charge in [-0.2, -0.15) is 0 Å². The summed E-state index contributed by atoms with van der Waals surface area (Å²) in [5.74, 6) is 0.0896. The number of aromatic hydroxyl groups is 1. The minimum absolute atomic E-state index is 0.139. The van der Waals surface area contributed by atoms with E-state index in [2.05, 4.69) is 0 Å². The van der Waals surface area contributed by atoms with E-state index in [1.165, 1.54) is 26.4 Å². The highest BCUT2D eigenvalue weighted by Gasteiger charge is 2.51. The molecule has 7 atom stereocenters. The molecule has 2 aliphatic heterocycles. The van der Waals surface area contributed by atoms with Crippen LogP contribution >= 0.6 is 0 Å². The van der Waals surface area contributed by atoms with Crippen LogP contribution in [0.4, 0.5) is 0 Å². The fourth-order valence-corrected chi connectivity index (χ4v) is 3.33. The molecule has 152 valence electrons. The van der Waals surface area contributed by atoms with Crippen molar-refractivity contribution in [2.75, 3.05) is 27.4 Å². The van der Waals surface area contributed by atoms with E-state index in [9.17, 15) is 25.5 Å². The number of hydrogen-bond donors (Lipinski definition) is 5. The molecule has 0 aliphatic carbocycles. The van der Waals surface area contributed by atoms with Crippen LogP contribution in [0.5, 0.6) is 17.2 Å². The third kappa shape index (κ3) is 3.57. The fraction of sp³-hybridized carbons (Fsp3) is 0.647. The Balaban J connectivity index is 1.92. The topological polar surface area (TPSA) is 147 Å². The minimum Gasteiger partial charge on any atom is -0.502 e. The Labute approximate surface area is 155 Å². The summed E-state index contributed by atoms with van der Waals surface area (Å²) in [5, 5.41) is 49.4. The SMILES string of the molecule is COc1cc([C@@H]2O[C@H]3O[C@@H](CO)[C@@H](O)[C@H](O)[C@@H]3O[C@@H]2CO)cc(OC)c1O. The van der Waals surface area contributed by atoms with Gasteiger partial charge in [0.1, 0.15) is 36.6 Å². The molecule has 1 aromatic carbocycles. The molecule has 1 aromatic rings. The molecule has 0 unspecified atom stereocenters. The summed E-state index contributed by atoms with van der Waals surface area (Å²) in [6.45, 7) is -0.953. The summed E-state index contributed by atoms with van der Waals surface area (Å²) in [4.78, 5) is 0. The van der Waals surface area contributed by atoms with Gasteiger partial charge in [0.2, 0.25) is 5.75 Å². The summed E-state index contributed by atoms with van der Waals surface area (Å²) in [6.07, 6.45) is -7.62. The molecule has 2 heterocycles. The number of ether oxygens (including phenoxy) is 5. The van der Waals surface area contributed by atoms with Crippen molar-refractivity contribution >= 4 is 0 Å². The number of fused-ring (bicyclic) bond motifs is 1. The fourth-order valence-electron chi connectivity index (χ4n) is 3.33. The van der Waals surface area contributed by atoms with Crippen LogP contribution in [0.3, 0.4) is 0 Å². The monoisotopic (exact) mass is 388 g/mol. The van der Waals surface area contributed by atoms with Gasteiger partial charge in [0.15, 0.2) is 17.8 Å². The summed E-state index contributed by atoms with van der Waals surface area (Å²) in [6, 6.07) is 3.01. The summed E-state index contributed by atoms with van der Waals surface area (Å²) >= 11 is 0. The normalized spacial score (nSPS) is 36.1. The van der Waals surface area contributed by atoms with Crippen molar-refractivity contribution in [1.29, 1.82) is 0 Å². The van der Waals surface area contributed by atoms with E-state index >= 15 is 0 Å². The average Bonchev–Trinajstić information content (AvgIpc) is 2.70. The van der Waals surface area contributed by atoms with Gasteiger partial charge in [-0.1, -0.05) is 0 Å². The number of benzene rings is 1. The molecule has 10 nitrogen and oxygen atoms in total. The second-order valence-corrected chi connectivity index (χ2v) is 6.36. The lowest BCUT2D eigenvalue weighted by atomic mass is 9.95. The van der Waals surface area contributed by atoms with Gasteiger partial charge in [-0.05, 0) is 17.7 Å². The zero-order valence-electron chi connectivity index (χ0n) is 14.9. The first kappa shape index (κ1) is 20.1. The first-order chi connectivity index (χ1) is 12.9. The first-order valence-electron chi connectivity index (χ1n) is 8.44. The van der Waals surface area contributed by atoms with Gasteiger partial charge < -0.3 is 49.2 Å². The van der Waals surface area contributed by atoms with E-state index in [4.69, 9.17) is 23.7 Å². The lowest BCUT2D eigenvalue weighted by Gasteiger charge is -2.48. The molecule has 3 rings (SSSR count). The van der Waals surface area contributed by atoms with E-state index in [0.29, 0.717) is 5.56 Å². The van der Waals surface area contributed by atoms with Gasteiger partial charge in [-0.15, -0.1) is 0 Å². The molecule has 0 saturated carbocycles. The van der Waals surface area contributed by atoms with Gasteiger partial charge in [0.25, 0.3) is 0 Å². The maximum atomic E-state index is 10.2. The van der Waals surface area contributed by atoms with Gasteiger partial charge in [-0.3, -0.25) is 0 Å². The molecule has 0 amide bonds. The van der Waals surface area contributed by atoms with Crippen molar-refractivity contribution in [1.82, 2.24) is 0 Å². The van der Waals surface area contributed by atoms with Crippen LogP contribution in [0.1, 0.15) is 11.7 Å². The first-order valence-corrected chi connectivity index (χ1v) is 8.44. The maximum absolute atomic E-state index is 10.2. The highest BCUT2D eigenvalue weighted by Crippen LogP contribution is 2.43. The Morgan fingerprint density at radius 3 is 2.00 bits per heavy atom. The molecule has 2 aliphatic rings. The Morgan fingerprint density at radius 1 is 0.889 bits per heavy atom. The van der Waals surface area contributed by atoms with Crippen molar-refractivity contribution in [3.63, 3.8) is 0 Å². The Kier molecular flexibility index (Phi) is 6.06. The molecule has 2 saturated heterocycles. The molecule has 2 fully saturated rings. The van der Waals surface area contributed by atoms with Crippen molar-refractivity contribution in [2.24, 2.45) is 0 Å². The predicted molar refractivity (Wildman–Crippen MR) is 88.5 cm³/mol. The molecule has 0 bridgehead atoms. The highest BCUT2D eigenvalue weighted by atomic mass is 16.7. The number of phenolic OH excluding ortho intramolecular Hbond substituents is 1. The number of aliphatic hydroxyl groups is 4. The zero-order valence-corrected chi connectivity index (χ0v) is 14.9. The van der Waals surface area contributed by atoms with Crippen molar-refractivity contribution in [2.45, 2.75) is 42.9 Å². The number of hydrogen-bond acceptors (Lipinski definition) is 10. The van der Waals surface area contributed by atoms with Crippen LogP contribution in [0, 0.1) is 0 Å². The van der Waals surface area contributed by atoms with Crippen molar-refractivity contribution in [3.05, 3.63) is 17.7 Å². The number of methoxy groups -OCH3 is 2. The van der Waals surface area contributed by atoms with Crippen LogP contribution < -0.4 is 9.47 Å². The number of rotatable bonds is 5. The highest BCUT2D eigenvalue weighted by molar-refractivity contribution is 5.53. The van der Waals surface area contributed by atoms with Crippen LogP contribution in [0.2, 0.25) is 0 Å². The lowest BCUT2D eigenvalue weighted by Crippen LogP contribution is -2.63. The molecular formula is C17H24O10. The Morgan fingerprint density at radius 2 is 1.48 bits per heavy atom. The van der Waals surface area contributed by atoms with Crippen LogP contribution in [-0.2, 0) is 14.2 Å². The van der Waals surface area contributed by atoms with Crippen LogP contribution in [0.25, 0.3) is 0 Å². The molecule has 0 spiro atoms. The predicted octanol–water partition coefficient (Wildman–Crippen LogP) is -1.33. The minimum atomic E-state index is -1.36. The van der Waals surface area contributed by atoms with E-state index < -0.39 is 56.1 Å². The van der Waals surface area contributed by atoms with Gasteiger partial charge in [-0.25, -0.2) is 0 Å².